The predicted octanol–water partition coefficient (Wildman–Crippen LogP) is 2.21. The highest BCUT2D eigenvalue weighted by Crippen LogP contribution is 2.38. The molecule has 1 aromatic rings. The molecule has 1 fully saturated rings. The van der Waals surface area contributed by atoms with Crippen molar-refractivity contribution in [3.8, 4) is 11.5 Å². The Balaban J connectivity index is 1.67. The lowest BCUT2D eigenvalue weighted by atomic mass is 9.99. The zero-order valence-electron chi connectivity index (χ0n) is 15.9. The first-order valence-electron chi connectivity index (χ1n) is 9.66. The van der Waals surface area contributed by atoms with E-state index in [-0.39, 0.29) is 24.4 Å². The Morgan fingerprint density at radius 3 is 2.74 bits per heavy atom. The van der Waals surface area contributed by atoms with Gasteiger partial charge in [0.2, 0.25) is 5.91 Å². The monoisotopic (exact) mass is 376 g/mol. The molecular formula is C20H28N2O5. The highest BCUT2D eigenvalue weighted by molar-refractivity contribution is 5.81. The summed E-state index contributed by atoms with van der Waals surface area (Å²) < 4.78 is 11.2. The van der Waals surface area contributed by atoms with Crippen molar-refractivity contribution in [2.24, 2.45) is 5.92 Å². The second-order valence-corrected chi connectivity index (χ2v) is 7.23. The van der Waals surface area contributed by atoms with Crippen molar-refractivity contribution in [1.29, 1.82) is 0 Å². The van der Waals surface area contributed by atoms with Gasteiger partial charge in [0, 0.05) is 6.54 Å². The van der Waals surface area contributed by atoms with Crippen molar-refractivity contribution in [1.82, 2.24) is 10.2 Å². The number of hydrogen-bond donors (Lipinski definition) is 2. The zero-order chi connectivity index (χ0) is 19.4. The third-order valence-electron chi connectivity index (χ3n) is 5.48. The van der Waals surface area contributed by atoms with Crippen LogP contribution in [0.5, 0.6) is 11.5 Å². The molecule has 2 aliphatic rings. The van der Waals surface area contributed by atoms with Gasteiger partial charge in [-0.2, -0.15) is 0 Å². The average Bonchev–Trinajstić information content (AvgIpc) is 3.17. The van der Waals surface area contributed by atoms with Crippen LogP contribution in [-0.2, 0) is 9.59 Å². The van der Waals surface area contributed by atoms with E-state index in [1.807, 2.05) is 36.9 Å². The van der Waals surface area contributed by atoms with Crippen LogP contribution in [0.2, 0.25) is 0 Å². The molecule has 7 nitrogen and oxygen atoms in total. The van der Waals surface area contributed by atoms with Crippen molar-refractivity contribution in [3.63, 3.8) is 0 Å². The van der Waals surface area contributed by atoms with Crippen LogP contribution in [0.1, 0.15) is 44.7 Å². The third-order valence-corrected chi connectivity index (χ3v) is 5.48. The molecule has 1 unspecified atom stereocenters. The van der Waals surface area contributed by atoms with Crippen LogP contribution >= 0.6 is 0 Å². The Bertz CT molecular complexity index is 693. The molecule has 27 heavy (non-hydrogen) atoms. The van der Waals surface area contributed by atoms with Crippen LogP contribution in [-0.4, -0.2) is 54.2 Å². The molecule has 0 aromatic heterocycles. The number of carbonyl (C=O) groups is 2. The highest BCUT2D eigenvalue weighted by atomic mass is 16.6. The van der Waals surface area contributed by atoms with Gasteiger partial charge in [0.25, 0.3) is 0 Å². The molecule has 1 aromatic carbocycles. The van der Waals surface area contributed by atoms with Crippen LogP contribution in [0.4, 0.5) is 0 Å². The molecule has 148 valence electrons. The first-order valence-corrected chi connectivity index (χ1v) is 9.66. The number of carbonyl (C=O) groups excluding carboxylic acids is 1. The molecule has 3 rings (SSSR count). The number of aliphatic carboxylic acids is 1. The molecule has 0 spiro atoms. The summed E-state index contributed by atoms with van der Waals surface area (Å²) in [4.78, 5) is 26.1. The van der Waals surface area contributed by atoms with Crippen molar-refractivity contribution in [2.45, 2.75) is 45.2 Å². The Hall–Kier alpha value is -2.28. The van der Waals surface area contributed by atoms with E-state index < -0.39 is 12.0 Å². The van der Waals surface area contributed by atoms with E-state index in [0.29, 0.717) is 19.8 Å². The van der Waals surface area contributed by atoms with Crippen LogP contribution < -0.4 is 14.8 Å². The number of nitrogens with zero attached hydrogens (tertiary/aromatic N) is 1. The largest absolute Gasteiger partial charge is 0.486 e. The summed E-state index contributed by atoms with van der Waals surface area (Å²) in [6.45, 7) is 5.61. The minimum Gasteiger partial charge on any atom is -0.486 e. The van der Waals surface area contributed by atoms with Crippen molar-refractivity contribution in [2.75, 3.05) is 26.3 Å². The van der Waals surface area contributed by atoms with Crippen molar-refractivity contribution in [3.05, 3.63) is 23.8 Å². The predicted molar refractivity (Wildman–Crippen MR) is 100 cm³/mol. The number of hydrogen-bond acceptors (Lipinski definition) is 5. The van der Waals surface area contributed by atoms with E-state index in [2.05, 4.69) is 5.32 Å². The molecule has 1 saturated heterocycles. The number of ether oxygens (including phenoxy) is 2. The average molecular weight is 376 g/mol. The normalized spacial score (nSPS) is 21.0. The number of nitrogens with one attached hydrogen (secondary N) is 1. The van der Waals surface area contributed by atoms with Crippen molar-refractivity contribution >= 4 is 11.9 Å². The Morgan fingerprint density at radius 2 is 2.04 bits per heavy atom. The van der Waals surface area contributed by atoms with Crippen molar-refractivity contribution < 1.29 is 24.2 Å². The molecule has 2 N–H and O–H groups in total. The lowest BCUT2D eigenvalue weighted by molar-refractivity contribution is -0.141. The summed E-state index contributed by atoms with van der Waals surface area (Å²) in [6.07, 6.45) is 2.55. The van der Waals surface area contributed by atoms with Crippen LogP contribution in [0.15, 0.2) is 18.2 Å². The summed E-state index contributed by atoms with van der Waals surface area (Å²) in [7, 11) is 0. The second-order valence-electron chi connectivity index (χ2n) is 7.23. The highest BCUT2D eigenvalue weighted by Gasteiger charge is 2.32. The Kier molecular flexibility index (Phi) is 6.21. The molecule has 0 radical (unpaired) electrons. The van der Waals surface area contributed by atoms with Gasteiger partial charge in [-0.15, -0.1) is 0 Å². The third kappa shape index (κ3) is 4.35. The maximum atomic E-state index is 12.8. The smallest absolute Gasteiger partial charge is 0.320 e. The van der Waals surface area contributed by atoms with E-state index in [4.69, 9.17) is 9.47 Å². The molecule has 3 atom stereocenters. The van der Waals surface area contributed by atoms with E-state index in [1.54, 1.807) is 0 Å². The lowest BCUT2D eigenvalue weighted by Crippen LogP contribution is -2.47. The van der Waals surface area contributed by atoms with Gasteiger partial charge in [-0.05, 0) is 36.5 Å². The molecule has 2 heterocycles. The fourth-order valence-electron chi connectivity index (χ4n) is 3.75. The summed E-state index contributed by atoms with van der Waals surface area (Å²) in [5.41, 5.74) is 1.03. The van der Waals surface area contributed by atoms with Gasteiger partial charge in [-0.25, -0.2) is 0 Å². The number of fused-ring (bicyclic) bond motifs is 1. The first kappa shape index (κ1) is 19.5. The molecular weight excluding hydrogens is 348 g/mol. The van der Waals surface area contributed by atoms with Gasteiger partial charge in [-0.3, -0.25) is 14.9 Å². The van der Waals surface area contributed by atoms with Gasteiger partial charge in [0.05, 0.1) is 12.6 Å². The molecule has 7 heteroatoms. The van der Waals surface area contributed by atoms with Crippen LogP contribution in [0.25, 0.3) is 0 Å². The topological polar surface area (TPSA) is 88.1 Å². The van der Waals surface area contributed by atoms with Crippen LogP contribution in [0, 0.1) is 5.92 Å². The quantitative estimate of drug-likeness (QED) is 0.759. The maximum absolute atomic E-state index is 12.8. The summed E-state index contributed by atoms with van der Waals surface area (Å²) in [6, 6.07) is 5.11. The van der Waals surface area contributed by atoms with Crippen LogP contribution in [0.3, 0.4) is 0 Å². The molecule has 0 bridgehead atoms. The molecule has 0 aliphatic carbocycles. The van der Waals surface area contributed by atoms with E-state index >= 15 is 0 Å². The number of likely N-dealkylation sites (tertiary alicyclic amines) is 1. The second kappa shape index (κ2) is 8.61. The number of rotatable bonds is 7. The fraction of sp³-hybridized carbons (Fsp3) is 0.600. The molecule has 2 aliphatic heterocycles. The van der Waals surface area contributed by atoms with Gasteiger partial charge < -0.3 is 19.5 Å². The number of carboxylic acids is 1. The minimum atomic E-state index is -0.915. The number of amides is 1. The van der Waals surface area contributed by atoms with E-state index in [1.165, 1.54) is 0 Å². The van der Waals surface area contributed by atoms with Gasteiger partial charge >= 0.3 is 5.97 Å². The van der Waals surface area contributed by atoms with E-state index in [0.717, 1.165) is 36.3 Å². The fourth-order valence-corrected chi connectivity index (χ4v) is 3.75. The maximum Gasteiger partial charge on any atom is 0.320 e. The summed E-state index contributed by atoms with van der Waals surface area (Å²) >= 11 is 0. The minimum absolute atomic E-state index is 0.0120. The molecule has 1 amide bonds. The Labute approximate surface area is 159 Å². The Morgan fingerprint density at radius 1 is 1.30 bits per heavy atom. The standard InChI is InChI=1S/C20H28N2O5/c1-3-13(2)19(20(24)25)21-12-18(23)22-8-4-5-15(22)14-6-7-16-17(11-14)27-10-9-26-16/h6-7,11,13,15,19,21H,3-5,8-10,12H2,1-2H3,(H,24,25)/t13-,15?,19-/m0/s1. The van der Waals surface area contributed by atoms with Gasteiger partial charge in [0.15, 0.2) is 11.5 Å². The van der Waals surface area contributed by atoms with E-state index in [9.17, 15) is 14.7 Å². The number of carboxylic acid groups (broad SMARTS) is 1. The zero-order valence-corrected chi connectivity index (χ0v) is 15.9. The summed E-state index contributed by atoms with van der Waals surface area (Å²) in [5.74, 6) is 0.436. The summed E-state index contributed by atoms with van der Waals surface area (Å²) in [5, 5.41) is 12.3. The number of benzene rings is 1. The lowest BCUT2D eigenvalue weighted by Gasteiger charge is -2.28. The SMILES string of the molecule is CC[C@H](C)[C@H](NCC(=O)N1CCCC1c1ccc2c(c1)OCCO2)C(=O)O. The van der Waals surface area contributed by atoms with Gasteiger partial charge in [-0.1, -0.05) is 26.3 Å². The molecule has 0 saturated carbocycles. The first-order chi connectivity index (χ1) is 13.0. The van der Waals surface area contributed by atoms with Gasteiger partial charge in [0.1, 0.15) is 19.3 Å².